The number of hydrogen-bond donors (Lipinski definition) is 0. The summed E-state index contributed by atoms with van der Waals surface area (Å²) in [4.78, 5) is 12.6. The second kappa shape index (κ2) is 5.48. The summed E-state index contributed by atoms with van der Waals surface area (Å²) in [6.07, 6.45) is 0. The van der Waals surface area contributed by atoms with Crippen LogP contribution in [0.1, 0.15) is 21.5 Å². The van der Waals surface area contributed by atoms with Crippen molar-refractivity contribution in [2.24, 2.45) is 0 Å². The van der Waals surface area contributed by atoms with Crippen LogP contribution < -0.4 is 14.2 Å². The van der Waals surface area contributed by atoms with Crippen molar-refractivity contribution in [1.82, 2.24) is 0 Å². The van der Waals surface area contributed by atoms with Crippen LogP contribution >= 0.6 is 0 Å². The minimum Gasteiger partial charge on any atom is -0.496 e. The Morgan fingerprint density at radius 2 is 1.81 bits per heavy atom. The molecule has 0 aliphatic carbocycles. The lowest BCUT2D eigenvalue weighted by Crippen LogP contribution is -2.16. The monoisotopic (exact) mass is 284 g/mol. The highest BCUT2D eigenvalue weighted by atomic mass is 16.6. The summed E-state index contributed by atoms with van der Waals surface area (Å²) in [6, 6.07) is 10.8. The van der Waals surface area contributed by atoms with E-state index >= 15 is 0 Å². The van der Waals surface area contributed by atoms with E-state index in [1.165, 1.54) is 0 Å². The molecule has 0 fully saturated rings. The van der Waals surface area contributed by atoms with Crippen LogP contribution in [0.15, 0.2) is 36.4 Å². The van der Waals surface area contributed by atoms with Crippen LogP contribution in [0.25, 0.3) is 0 Å². The normalized spacial score (nSPS) is 12.9. The summed E-state index contributed by atoms with van der Waals surface area (Å²) in [5.74, 6) is 1.77. The first kappa shape index (κ1) is 13.5. The fourth-order valence-corrected chi connectivity index (χ4v) is 2.33. The Morgan fingerprint density at radius 3 is 2.57 bits per heavy atom. The minimum atomic E-state index is -0.0937. The molecule has 0 radical (unpaired) electrons. The van der Waals surface area contributed by atoms with Gasteiger partial charge >= 0.3 is 0 Å². The molecule has 1 heterocycles. The van der Waals surface area contributed by atoms with E-state index in [-0.39, 0.29) is 5.78 Å². The van der Waals surface area contributed by atoms with Crippen molar-refractivity contribution in [2.45, 2.75) is 6.92 Å². The lowest BCUT2D eigenvalue weighted by Gasteiger charge is -2.18. The van der Waals surface area contributed by atoms with Crippen LogP contribution in [0.5, 0.6) is 17.2 Å². The van der Waals surface area contributed by atoms with Gasteiger partial charge in [0.05, 0.1) is 12.7 Å². The lowest BCUT2D eigenvalue weighted by molar-refractivity contribution is 0.103. The van der Waals surface area contributed by atoms with Crippen molar-refractivity contribution in [1.29, 1.82) is 0 Å². The number of rotatable bonds is 3. The Hall–Kier alpha value is -2.49. The molecule has 0 aromatic heterocycles. The number of ketones is 1. The third-order valence-corrected chi connectivity index (χ3v) is 3.41. The predicted octanol–water partition coefficient (Wildman–Crippen LogP) is 3.01. The Balaban J connectivity index is 1.99. The molecule has 2 aromatic rings. The third kappa shape index (κ3) is 2.57. The maximum Gasteiger partial charge on any atom is 0.196 e. The number of fused-ring (bicyclic) bond motifs is 1. The third-order valence-electron chi connectivity index (χ3n) is 3.41. The minimum absolute atomic E-state index is 0.0937. The van der Waals surface area contributed by atoms with Crippen molar-refractivity contribution in [3.8, 4) is 17.2 Å². The molecule has 0 spiro atoms. The maximum absolute atomic E-state index is 12.6. The fraction of sp³-hybridized carbons (Fsp3) is 0.235. The Labute approximate surface area is 123 Å². The molecule has 0 N–H and O–H groups in total. The van der Waals surface area contributed by atoms with Gasteiger partial charge in [-0.2, -0.15) is 0 Å². The molecule has 0 bridgehead atoms. The molecule has 1 aliphatic rings. The Kier molecular flexibility index (Phi) is 3.52. The highest BCUT2D eigenvalue weighted by Crippen LogP contribution is 2.32. The summed E-state index contributed by atoms with van der Waals surface area (Å²) >= 11 is 0. The van der Waals surface area contributed by atoms with Crippen molar-refractivity contribution in [3.63, 3.8) is 0 Å². The molecule has 4 heteroatoms. The number of benzene rings is 2. The van der Waals surface area contributed by atoms with Gasteiger partial charge in [-0.05, 0) is 42.8 Å². The molecule has 0 saturated carbocycles. The first-order chi connectivity index (χ1) is 10.2. The number of aryl methyl sites for hydroxylation is 1. The molecule has 21 heavy (non-hydrogen) atoms. The van der Waals surface area contributed by atoms with Crippen molar-refractivity contribution < 1.29 is 19.0 Å². The van der Waals surface area contributed by atoms with E-state index in [9.17, 15) is 4.79 Å². The Bertz CT molecular complexity index is 691. The van der Waals surface area contributed by atoms with Gasteiger partial charge in [0.1, 0.15) is 19.0 Å². The molecule has 1 aliphatic heterocycles. The number of carbonyl (C=O) groups excluding carboxylic acids is 1. The zero-order valence-electron chi connectivity index (χ0n) is 12.0. The van der Waals surface area contributed by atoms with E-state index in [4.69, 9.17) is 14.2 Å². The van der Waals surface area contributed by atoms with Gasteiger partial charge in [-0.3, -0.25) is 4.79 Å². The number of hydrogen-bond acceptors (Lipinski definition) is 4. The fourth-order valence-electron chi connectivity index (χ4n) is 2.33. The highest BCUT2D eigenvalue weighted by Gasteiger charge is 2.18. The summed E-state index contributed by atoms with van der Waals surface area (Å²) < 4.78 is 16.3. The van der Waals surface area contributed by atoms with Gasteiger partial charge in [-0.25, -0.2) is 0 Å². The Morgan fingerprint density at radius 1 is 1.05 bits per heavy atom. The smallest absolute Gasteiger partial charge is 0.196 e. The van der Waals surface area contributed by atoms with Gasteiger partial charge in [-0.15, -0.1) is 0 Å². The standard InChI is InChI=1S/C17H16O4/c1-11-3-5-13(15(9-11)19-2)17(18)12-4-6-14-16(10-12)21-8-7-20-14/h3-6,9-10H,7-8H2,1-2H3. The molecule has 4 nitrogen and oxygen atoms in total. The zero-order chi connectivity index (χ0) is 14.8. The first-order valence-electron chi connectivity index (χ1n) is 6.78. The van der Waals surface area contributed by atoms with Crippen molar-refractivity contribution in [2.75, 3.05) is 20.3 Å². The maximum atomic E-state index is 12.6. The lowest BCUT2D eigenvalue weighted by atomic mass is 10.0. The van der Waals surface area contributed by atoms with Gasteiger partial charge < -0.3 is 14.2 Å². The number of ether oxygens (including phenoxy) is 3. The highest BCUT2D eigenvalue weighted by molar-refractivity contribution is 6.11. The van der Waals surface area contributed by atoms with Gasteiger partial charge in [0.15, 0.2) is 17.3 Å². The second-order valence-corrected chi connectivity index (χ2v) is 4.89. The van der Waals surface area contributed by atoms with Crippen LogP contribution in [0.2, 0.25) is 0 Å². The van der Waals surface area contributed by atoms with Gasteiger partial charge in [0, 0.05) is 5.56 Å². The van der Waals surface area contributed by atoms with Crippen molar-refractivity contribution in [3.05, 3.63) is 53.1 Å². The molecular formula is C17H16O4. The van der Waals surface area contributed by atoms with Crippen LogP contribution in [0.4, 0.5) is 0 Å². The van der Waals surface area contributed by atoms with Crippen LogP contribution in [-0.4, -0.2) is 26.1 Å². The molecule has 3 rings (SSSR count). The summed E-state index contributed by atoms with van der Waals surface area (Å²) in [7, 11) is 1.56. The van der Waals surface area contributed by atoms with E-state index in [1.54, 1.807) is 31.4 Å². The molecule has 0 atom stereocenters. The van der Waals surface area contributed by atoms with Crippen molar-refractivity contribution >= 4 is 5.78 Å². The van der Waals surface area contributed by atoms with Crippen LogP contribution in [0, 0.1) is 6.92 Å². The van der Waals surface area contributed by atoms with E-state index < -0.39 is 0 Å². The van der Waals surface area contributed by atoms with Crippen LogP contribution in [-0.2, 0) is 0 Å². The topological polar surface area (TPSA) is 44.8 Å². The average Bonchev–Trinajstić information content (AvgIpc) is 2.53. The quantitative estimate of drug-likeness (QED) is 0.813. The first-order valence-corrected chi connectivity index (χ1v) is 6.78. The molecule has 2 aromatic carbocycles. The van der Waals surface area contributed by atoms with E-state index in [0.717, 1.165) is 5.56 Å². The van der Waals surface area contributed by atoms with Gasteiger partial charge in [0.2, 0.25) is 0 Å². The summed E-state index contributed by atoms with van der Waals surface area (Å²) in [5.41, 5.74) is 2.15. The van der Waals surface area contributed by atoms with E-state index in [0.29, 0.717) is 41.6 Å². The van der Waals surface area contributed by atoms with E-state index in [2.05, 4.69) is 0 Å². The molecule has 0 unspecified atom stereocenters. The SMILES string of the molecule is COc1cc(C)ccc1C(=O)c1ccc2c(c1)OCCO2. The second-order valence-electron chi connectivity index (χ2n) is 4.89. The zero-order valence-corrected chi connectivity index (χ0v) is 12.0. The molecule has 108 valence electrons. The summed E-state index contributed by atoms with van der Waals surface area (Å²) in [5, 5.41) is 0. The number of carbonyl (C=O) groups is 1. The molecule has 0 amide bonds. The molecule has 0 saturated heterocycles. The van der Waals surface area contributed by atoms with Crippen LogP contribution in [0.3, 0.4) is 0 Å². The average molecular weight is 284 g/mol. The van der Waals surface area contributed by atoms with E-state index in [1.807, 2.05) is 19.1 Å². The molecular weight excluding hydrogens is 268 g/mol. The number of methoxy groups -OCH3 is 1. The van der Waals surface area contributed by atoms with Gasteiger partial charge in [0.25, 0.3) is 0 Å². The van der Waals surface area contributed by atoms with Gasteiger partial charge in [-0.1, -0.05) is 6.07 Å². The summed E-state index contributed by atoms with van der Waals surface area (Å²) in [6.45, 7) is 2.99. The largest absolute Gasteiger partial charge is 0.496 e. The predicted molar refractivity (Wildman–Crippen MR) is 78.6 cm³/mol.